The summed E-state index contributed by atoms with van der Waals surface area (Å²) in [5.41, 5.74) is 2.75. The number of hydrogen-bond donors (Lipinski definition) is 2. The van der Waals surface area contributed by atoms with Gasteiger partial charge >= 0.3 is 0 Å². The number of fused-ring (bicyclic) bond motifs is 3. The lowest BCUT2D eigenvalue weighted by Gasteiger charge is -2.45. The fourth-order valence-corrected chi connectivity index (χ4v) is 6.23. The average molecular weight is 465 g/mol. The summed E-state index contributed by atoms with van der Waals surface area (Å²) in [6.45, 7) is 7.17. The largest absolute Gasteiger partial charge is 0.516 e. The summed E-state index contributed by atoms with van der Waals surface area (Å²) < 4.78 is 0. The van der Waals surface area contributed by atoms with E-state index >= 15 is 0 Å². The standard InChI is InChI=1S/C26H36N6O2/c33-15-1-10-29-11-13-30(14-12-29)17-19-2-4-20(5-3-19)31-18-32(21-6-7-21)26(34)23-16-28-25-22(24(23)31)8-9-27-25/h1,8-9,15-16,19-21,33H,2-7,10-14,17-18H2,(H,27,28)/t19-,20-. The van der Waals surface area contributed by atoms with Gasteiger partial charge in [0.2, 0.25) is 0 Å². The molecule has 2 aromatic rings. The summed E-state index contributed by atoms with van der Waals surface area (Å²) in [6, 6.07) is 2.97. The summed E-state index contributed by atoms with van der Waals surface area (Å²) in [5, 5.41) is 9.97. The van der Waals surface area contributed by atoms with Crippen molar-refractivity contribution in [1.82, 2.24) is 24.7 Å². The fraction of sp³-hybridized carbons (Fsp3) is 0.615. The summed E-state index contributed by atoms with van der Waals surface area (Å²) in [4.78, 5) is 30.7. The zero-order valence-electron chi connectivity index (χ0n) is 19.9. The maximum atomic E-state index is 13.3. The highest BCUT2D eigenvalue weighted by Crippen LogP contribution is 2.41. The van der Waals surface area contributed by atoms with Crippen LogP contribution in [0.3, 0.4) is 0 Å². The van der Waals surface area contributed by atoms with E-state index < -0.39 is 0 Å². The molecule has 4 heterocycles. The topological polar surface area (TPSA) is 78.9 Å². The van der Waals surface area contributed by atoms with Crippen LogP contribution in [0.4, 0.5) is 5.69 Å². The summed E-state index contributed by atoms with van der Waals surface area (Å²) in [7, 11) is 0. The Morgan fingerprint density at radius 1 is 1.00 bits per heavy atom. The molecule has 0 bridgehead atoms. The van der Waals surface area contributed by atoms with Gasteiger partial charge in [-0.3, -0.25) is 9.69 Å². The van der Waals surface area contributed by atoms with Crippen molar-refractivity contribution >= 4 is 22.6 Å². The quantitative estimate of drug-likeness (QED) is 0.640. The lowest BCUT2D eigenvalue weighted by Crippen LogP contribution is -2.53. The maximum Gasteiger partial charge on any atom is 0.259 e. The molecule has 2 aromatic heterocycles. The molecule has 1 saturated heterocycles. The minimum atomic E-state index is 0.159. The highest BCUT2D eigenvalue weighted by atomic mass is 16.2. The van der Waals surface area contributed by atoms with E-state index in [-0.39, 0.29) is 5.91 Å². The van der Waals surface area contributed by atoms with Gasteiger partial charge in [0, 0.05) is 69.1 Å². The van der Waals surface area contributed by atoms with Crippen molar-refractivity contribution < 1.29 is 9.90 Å². The SMILES string of the molecule is O=C1c2cnc3[nH]ccc3c2N([C@H]2CC[C@H](CN3CCN(CC=CO)CC3)CC2)CN1C1CC1. The Morgan fingerprint density at radius 2 is 1.71 bits per heavy atom. The predicted octanol–water partition coefficient (Wildman–Crippen LogP) is 3.19. The first kappa shape index (κ1) is 21.9. The number of aliphatic hydroxyl groups is 1. The number of nitrogens with zero attached hydrogens (tertiary/aromatic N) is 5. The number of aromatic amines is 1. The summed E-state index contributed by atoms with van der Waals surface area (Å²) >= 11 is 0. The monoisotopic (exact) mass is 464 g/mol. The number of carbonyl (C=O) groups is 1. The molecule has 0 atom stereocenters. The van der Waals surface area contributed by atoms with E-state index in [9.17, 15) is 4.79 Å². The first-order chi connectivity index (χ1) is 16.7. The molecule has 2 aliphatic heterocycles. The molecule has 0 aromatic carbocycles. The Labute approximate surface area is 201 Å². The van der Waals surface area contributed by atoms with Crippen molar-refractivity contribution in [2.24, 2.45) is 5.92 Å². The van der Waals surface area contributed by atoms with E-state index in [0.717, 1.165) is 86.7 Å². The van der Waals surface area contributed by atoms with Crippen LogP contribution in [0.15, 0.2) is 30.8 Å². The highest BCUT2D eigenvalue weighted by Gasteiger charge is 2.42. The van der Waals surface area contributed by atoms with E-state index in [4.69, 9.17) is 5.11 Å². The van der Waals surface area contributed by atoms with Gasteiger partial charge in [0.15, 0.2) is 0 Å². The number of hydrogen-bond acceptors (Lipinski definition) is 6. The van der Waals surface area contributed by atoms with Crippen molar-refractivity contribution in [2.45, 2.75) is 50.6 Å². The zero-order chi connectivity index (χ0) is 23.1. The highest BCUT2D eigenvalue weighted by molar-refractivity contribution is 6.08. The molecule has 0 radical (unpaired) electrons. The van der Waals surface area contributed by atoms with Crippen molar-refractivity contribution in [3.63, 3.8) is 0 Å². The second-order valence-corrected chi connectivity index (χ2v) is 10.5. The van der Waals surface area contributed by atoms with E-state index in [0.29, 0.717) is 12.1 Å². The molecule has 2 N–H and O–H groups in total. The minimum absolute atomic E-state index is 0.159. The number of aromatic nitrogens is 2. The van der Waals surface area contributed by atoms with Gasteiger partial charge in [0.25, 0.3) is 5.91 Å². The molecule has 182 valence electrons. The van der Waals surface area contributed by atoms with Crippen molar-refractivity contribution in [3.8, 4) is 0 Å². The molecule has 34 heavy (non-hydrogen) atoms. The van der Waals surface area contributed by atoms with Crippen LogP contribution >= 0.6 is 0 Å². The van der Waals surface area contributed by atoms with Crippen LogP contribution in [0.1, 0.15) is 48.9 Å². The number of H-pyrrole nitrogens is 1. The molecule has 3 fully saturated rings. The zero-order valence-corrected chi connectivity index (χ0v) is 19.9. The van der Waals surface area contributed by atoms with Crippen LogP contribution in [0.5, 0.6) is 0 Å². The smallest absolute Gasteiger partial charge is 0.259 e. The van der Waals surface area contributed by atoms with Crippen molar-refractivity contribution in [2.75, 3.05) is 50.8 Å². The number of amides is 1. The van der Waals surface area contributed by atoms with Gasteiger partial charge in [-0.25, -0.2) is 4.98 Å². The number of pyridine rings is 1. The molecule has 8 heteroatoms. The Bertz CT molecular complexity index is 1050. The molecule has 0 spiro atoms. The molecule has 2 aliphatic carbocycles. The van der Waals surface area contributed by atoms with Gasteiger partial charge in [0.1, 0.15) is 5.65 Å². The normalized spacial score (nSPS) is 27.1. The first-order valence-corrected chi connectivity index (χ1v) is 13.0. The molecule has 8 nitrogen and oxygen atoms in total. The molecule has 6 rings (SSSR count). The van der Waals surface area contributed by atoms with Gasteiger partial charge in [0.05, 0.1) is 24.2 Å². The van der Waals surface area contributed by atoms with Crippen molar-refractivity contribution in [3.05, 3.63) is 36.4 Å². The van der Waals surface area contributed by atoms with Crippen molar-refractivity contribution in [1.29, 1.82) is 0 Å². The Morgan fingerprint density at radius 3 is 2.44 bits per heavy atom. The van der Waals surface area contributed by atoms with Crippen LogP contribution < -0.4 is 4.90 Å². The van der Waals surface area contributed by atoms with Gasteiger partial charge in [-0.2, -0.15) is 0 Å². The maximum absolute atomic E-state index is 13.3. The van der Waals surface area contributed by atoms with E-state index in [1.807, 2.05) is 12.3 Å². The Kier molecular flexibility index (Phi) is 5.95. The summed E-state index contributed by atoms with van der Waals surface area (Å²) in [5.74, 6) is 0.918. The van der Waals surface area contributed by atoms with E-state index in [1.165, 1.54) is 32.2 Å². The molecule has 0 unspecified atom stereocenters. The molecular weight excluding hydrogens is 428 g/mol. The number of aliphatic hydroxyl groups excluding tert-OH is 1. The molecule has 2 saturated carbocycles. The lowest BCUT2D eigenvalue weighted by atomic mass is 9.84. The molecule has 4 aliphatic rings. The predicted molar refractivity (Wildman–Crippen MR) is 133 cm³/mol. The summed E-state index contributed by atoms with van der Waals surface area (Å²) in [6.07, 6.45) is 13.8. The third kappa shape index (κ3) is 4.18. The van der Waals surface area contributed by atoms with Gasteiger partial charge < -0.3 is 24.8 Å². The third-order valence-corrected chi connectivity index (χ3v) is 8.34. The Hall–Kier alpha value is -2.58. The Balaban J connectivity index is 1.12. The third-order valence-electron chi connectivity index (χ3n) is 8.34. The fourth-order valence-electron chi connectivity index (χ4n) is 6.23. The molecule has 1 amide bonds. The number of carbonyl (C=O) groups excluding carboxylic acids is 1. The van der Waals surface area contributed by atoms with Gasteiger partial charge in [-0.05, 0) is 56.6 Å². The van der Waals surface area contributed by atoms with Crippen LogP contribution in [0.2, 0.25) is 0 Å². The average Bonchev–Trinajstić information content (AvgIpc) is 3.60. The van der Waals surface area contributed by atoms with E-state index in [2.05, 4.69) is 35.6 Å². The minimum Gasteiger partial charge on any atom is -0.516 e. The van der Waals surface area contributed by atoms with Gasteiger partial charge in [-0.1, -0.05) is 0 Å². The van der Waals surface area contributed by atoms with Crippen LogP contribution in [-0.4, -0.2) is 93.7 Å². The number of rotatable bonds is 6. The van der Waals surface area contributed by atoms with Gasteiger partial charge in [-0.15, -0.1) is 0 Å². The number of nitrogens with one attached hydrogen (secondary N) is 1. The van der Waals surface area contributed by atoms with Crippen LogP contribution in [0, 0.1) is 5.92 Å². The number of anilines is 1. The number of piperazine rings is 1. The second-order valence-electron chi connectivity index (χ2n) is 10.5. The van der Waals surface area contributed by atoms with Crippen LogP contribution in [0.25, 0.3) is 11.0 Å². The van der Waals surface area contributed by atoms with E-state index in [1.54, 1.807) is 6.20 Å². The lowest BCUT2D eigenvalue weighted by molar-refractivity contribution is 0.0715. The first-order valence-electron chi connectivity index (χ1n) is 13.0. The second kappa shape index (κ2) is 9.23. The van der Waals surface area contributed by atoms with Crippen LogP contribution in [-0.2, 0) is 0 Å². The molecular formula is C26H36N6O2.